The van der Waals surface area contributed by atoms with Crippen LogP contribution >= 0.6 is 35.3 Å². The first-order valence-corrected chi connectivity index (χ1v) is 8.66. The standard InChI is InChI=1S/C15H25N5OS.HI/c1-4-16-15(18-8-7-17-14(21)12-5-6-12)20(3)9-13-10-22-11(2)19-13;/h10,12H,4-9H2,1-3H3,(H,16,18)(H,17,21);1H. The summed E-state index contributed by atoms with van der Waals surface area (Å²) in [6, 6.07) is 0. The number of hydrogen-bond acceptors (Lipinski definition) is 4. The highest BCUT2D eigenvalue weighted by Gasteiger charge is 2.28. The Hall–Kier alpha value is -0.900. The summed E-state index contributed by atoms with van der Waals surface area (Å²) in [7, 11) is 2.00. The van der Waals surface area contributed by atoms with Gasteiger partial charge in [0, 0.05) is 31.4 Å². The first-order chi connectivity index (χ1) is 10.6. The van der Waals surface area contributed by atoms with E-state index in [1.807, 2.05) is 20.9 Å². The summed E-state index contributed by atoms with van der Waals surface area (Å²) in [4.78, 5) is 22.7. The summed E-state index contributed by atoms with van der Waals surface area (Å²) in [5.41, 5.74) is 1.05. The van der Waals surface area contributed by atoms with Gasteiger partial charge < -0.3 is 15.5 Å². The molecule has 1 amide bonds. The minimum atomic E-state index is 0. The van der Waals surface area contributed by atoms with Gasteiger partial charge in [-0.15, -0.1) is 35.3 Å². The van der Waals surface area contributed by atoms with Gasteiger partial charge in [-0.2, -0.15) is 0 Å². The first kappa shape index (κ1) is 20.1. The van der Waals surface area contributed by atoms with Crippen molar-refractivity contribution in [3.8, 4) is 0 Å². The van der Waals surface area contributed by atoms with Crippen molar-refractivity contribution in [3.05, 3.63) is 16.1 Å². The molecule has 23 heavy (non-hydrogen) atoms. The number of nitrogens with one attached hydrogen (secondary N) is 2. The average Bonchev–Trinajstić information content (AvgIpc) is 3.26. The summed E-state index contributed by atoms with van der Waals surface area (Å²) in [5, 5.41) is 9.35. The zero-order valence-corrected chi connectivity index (χ0v) is 17.1. The number of aromatic nitrogens is 1. The summed E-state index contributed by atoms with van der Waals surface area (Å²) in [5.74, 6) is 1.27. The molecular formula is C15H26IN5OS. The molecule has 2 N–H and O–H groups in total. The third-order valence-corrected chi connectivity index (χ3v) is 4.21. The Bertz CT molecular complexity index is 530. The van der Waals surface area contributed by atoms with Crippen LogP contribution in [0.2, 0.25) is 0 Å². The highest BCUT2D eigenvalue weighted by atomic mass is 127. The van der Waals surface area contributed by atoms with E-state index < -0.39 is 0 Å². The fraction of sp³-hybridized carbons (Fsp3) is 0.667. The lowest BCUT2D eigenvalue weighted by Gasteiger charge is -2.21. The molecule has 0 aliphatic heterocycles. The lowest BCUT2D eigenvalue weighted by molar-refractivity contribution is -0.122. The van der Waals surface area contributed by atoms with Crippen LogP contribution in [-0.4, -0.2) is 48.4 Å². The maximum absolute atomic E-state index is 11.6. The predicted octanol–water partition coefficient (Wildman–Crippen LogP) is 1.99. The summed E-state index contributed by atoms with van der Waals surface area (Å²) in [6.07, 6.45) is 2.07. The van der Waals surface area contributed by atoms with Gasteiger partial charge in [0.1, 0.15) is 0 Å². The molecule has 1 saturated carbocycles. The summed E-state index contributed by atoms with van der Waals surface area (Å²) < 4.78 is 0. The molecule has 1 aliphatic rings. The van der Waals surface area contributed by atoms with Gasteiger partial charge in [-0.05, 0) is 26.7 Å². The van der Waals surface area contributed by atoms with Crippen LogP contribution in [-0.2, 0) is 11.3 Å². The van der Waals surface area contributed by atoms with E-state index in [1.54, 1.807) is 11.3 Å². The monoisotopic (exact) mass is 451 g/mol. The zero-order chi connectivity index (χ0) is 15.9. The fourth-order valence-corrected chi connectivity index (χ4v) is 2.70. The smallest absolute Gasteiger partial charge is 0.223 e. The van der Waals surface area contributed by atoms with Gasteiger partial charge in [0.2, 0.25) is 5.91 Å². The lowest BCUT2D eigenvalue weighted by atomic mass is 10.4. The molecule has 0 unspecified atom stereocenters. The summed E-state index contributed by atoms with van der Waals surface area (Å²) in [6.45, 7) is 6.77. The normalized spacial score (nSPS) is 14.1. The minimum Gasteiger partial charge on any atom is -0.357 e. The highest BCUT2D eigenvalue weighted by molar-refractivity contribution is 14.0. The molecule has 1 fully saturated rings. The quantitative estimate of drug-likeness (QED) is 0.288. The number of halogens is 1. The van der Waals surface area contributed by atoms with E-state index in [1.165, 1.54) is 0 Å². The van der Waals surface area contributed by atoms with Crippen molar-refractivity contribution >= 4 is 47.2 Å². The van der Waals surface area contributed by atoms with E-state index in [0.717, 1.165) is 42.6 Å². The molecule has 1 aliphatic carbocycles. The van der Waals surface area contributed by atoms with Crippen LogP contribution in [0.15, 0.2) is 10.4 Å². The van der Waals surface area contributed by atoms with E-state index in [0.29, 0.717) is 13.1 Å². The van der Waals surface area contributed by atoms with Crippen LogP contribution in [0.3, 0.4) is 0 Å². The Morgan fingerprint density at radius 1 is 1.48 bits per heavy atom. The van der Waals surface area contributed by atoms with Gasteiger partial charge in [0.05, 0.1) is 23.8 Å². The molecule has 1 heterocycles. The number of hydrogen-bond donors (Lipinski definition) is 2. The number of rotatable bonds is 7. The molecular weight excluding hydrogens is 425 g/mol. The van der Waals surface area contributed by atoms with Gasteiger partial charge in [-0.25, -0.2) is 4.98 Å². The molecule has 8 heteroatoms. The SMILES string of the molecule is CCNC(=NCCNC(=O)C1CC1)N(C)Cc1csc(C)n1.I. The Balaban J connectivity index is 0.00000264. The van der Waals surface area contributed by atoms with Gasteiger partial charge >= 0.3 is 0 Å². The Labute approximate surface area is 159 Å². The van der Waals surface area contributed by atoms with Gasteiger partial charge in [-0.1, -0.05) is 0 Å². The van der Waals surface area contributed by atoms with Crippen LogP contribution in [0, 0.1) is 12.8 Å². The third kappa shape index (κ3) is 7.03. The number of carbonyl (C=O) groups excluding carboxylic acids is 1. The van der Waals surface area contributed by atoms with Crippen molar-refractivity contribution in [1.29, 1.82) is 0 Å². The van der Waals surface area contributed by atoms with E-state index in [-0.39, 0.29) is 35.8 Å². The molecule has 0 spiro atoms. The Morgan fingerprint density at radius 3 is 2.78 bits per heavy atom. The van der Waals surface area contributed by atoms with Crippen molar-refractivity contribution in [1.82, 2.24) is 20.5 Å². The molecule has 0 atom stereocenters. The molecule has 0 saturated heterocycles. The Kier molecular flexibility index (Phi) is 8.82. The van der Waals surface area contributed by atoms with Crippen molar-refractivity contribution in [2.75, 3.05) is 26.7 Å². The molecule has 0 radical (unpaired) electrons. The second-order valence-electron chi connectivity index (χ2n) is 5.51. The average molecular weight is 451 g/mol. The third-order valence-electron chi connectivity index (χ3n) is 3.38. The summed E-state index contributed by atoms with van der Waals surface area (Å²) >= 11 is 1.66. The number of thiazole rings is 1. The van der Waals surface area contributed by atoms with E-state index in [2.05, 4.69) is 30.9 Å². The van der Waals surface area contributed by atoms with E-state index in [9.17, 15) is 4.79 Å². The van der Waals surface area contributed by atoms with Crippen LogP contribution in [0.5, 0.6) is 0 Å². The number of carbonyl (C=O) groups is 1. The predicted molar refractivity (Wildman–Crippen MR) is 105 cm³/mol. The maximum atomic E-state index is 11.6. The number of aliphatic imine (C=N–C) groups is 1. The topological polar surface area (TPSA) is 69.6 Å². The van der Waals surface area contributed by atoms with Crippen molar-refractivity contribution < 1.29 is 4.79 Å². The van der Waals surface area contributed by atoms with E-state index in [4.69, 9.17) is 0 Å². The molecule has 0 aromatic carbocycles. The molecule has 1 aromatic heterocycles. The van der Waals surface area contributed by atoms with Gasteiger partial charge in [0.15, 0.2) is 5.96 Å². The van der Waals surface area contributed by atoms with E-state index >= 15 is 0 Å². The number of amides is 1. The second kappa shape index (κ2) is 10.1. The number of nitrogens with zero attached hydrogens (tertiary/aromatic N) is 3. The zero-order valence-electron chi connectivity index (χ0n) is 14.0. The number of aryl methyl sites for hydroxylation is 1. The van der Waals surface area contributed by atoms with Crippen LogP contribution < -0.4 is 10.6 Å². The second-order valence-corrected chi connectivity index (χ2v) is 6.58. The fourth-order valence-electron chi connectivity index (χ4n) is 2.10. The van der Waals surface area contributed by atoms with Crippen LogP contribution in [0.4, 0.5) is 0 Å². The molecule has 0 bridgehead atoms. The number of guanidine groups is 1. The lowest BCUT2D eigenvalue weighted by Crippen LogP contribution is -2.39. The molecule has 130 valence electrons. The molecule has 1 aromatic rings. The van der Waals surface area contributed by atoms with Crippen molar-refractivity contribution in [3.63, 3.8) is 0 Å². The molecule has 6 nitrogen and oxygen atoms in total. The van der Waals surface area contributed by atoms with Gasteiger partial charge in [-0.3, -0.25) is 9.79 Å². The highest BCUT2D eigenvalue weighted by Crippen LogP contribution is 2.28. The van der Waals surface area contributed by atoms with Crippen LogP contribution in [0.1, 0.15) is 30.5 Å². The molecule has 2 rings (SSSR count). The largest absolute Gasteiger partial charge is 0.357 e. The van der Waals surface area contributed by atoms with Crippen molar-refractivity contribution in [2.24, 2.45) is 10.9 Å². The van der Waals surface area contributed by atoms with Crippen LogP contribution in [0.25, 0.3) is 0 Å². The van der Waals surface area contributed by atoms with Crippen molar-refractivity contribution in [2.45, 2.75) is 33.2 Å². The minimum absolute atomic E-state index is 0. The Morgan fingerprint density at radius 2 is 2.22 bits per heavy atom. The van der Waals surface area contributed by atoms with Gasteiger partial charge in [0.25, 0.3) is 0 Å². The first-order valence-electron chi connectivity index (χ1n) is 7.78. The maximum Gasteiger partial charge on any atom is 0.223 e.